The number of nitrogens with one attached hydrogen (secondary N) is 1. The number of likely N-dealkylation sites (N-methyl/N-ethyl adjacent to an activating group) is 1. The molecule has 0 saturated carbocycles. The summed E-state index contributed by atoms with van der Waals surface area (Å²) in [6.07, 6.45) is -5.87. The van der Waals surface area contributed by atoms with Crippen LogP contribution >= 0.6 is 0 Å². The molecule has 0 radical (unpaired) electrons. The predicted molar refractivity (Wildman–Crippen MR) is 63.4 cm³/mol. The molecule has 1 aromatic carbocycles. The Kier molecular flexibility index (Phi) is 5.02. The quantitative estimate of drug-likeness (QED) is 0.865. The van der Waals surface area contributed by atoms with Crippen molar-refractivity contribution in [2.24, 2.45) is 0 Å². The summed E-state index contributed by atoms with van der Waals surface area (Å²) in [5, 5.41) is 12.4. The van der Waals surface area contributed by atoms with Gasteiger partial charge in [-0.2, -0.15) is 13.2 Å². The van der Waals surface area contributed by atoms with Gasteiger partial charge in [0.05, 0.1) is 25.9 Å². The molecule has 4 nitrogen and oxygen atoms in total. The second-order valence-electron chi connectivity index (χ2n) is 3.87. The van der Waals surface area contributed by atoms with Gasteiger partial charge in [-0.05, 0) is 24.7 Å². The fourth-order valence-electron chi connectivity index (χ4n) is 1.72. The highest BCUT2D eigenvalue weighted by Crippen LogP contribution is 2.41. The third kappa shape index (κ3) is 3.51. The lowest BCUT2D eigenvalue weighted by atomic mass is 10.0. The van der Waals surface area contributed by atoms with E-state index in [1.807, 2.05) is 0 Å². The van der Waals surface area contributed by atoms with Gasteiger partial charge in [-0.25, -0.2) is 0 Å². The van der Waals surface area contributed by atoms with Crippen LogP contribution in [-0.4, -0.2) is 32.9 Å². The van der Waals surface area contributed by atoms with Crippen LogP contribution in [0.5, 0.6) is 11.5 Å². The number of aliphatic hydroxyl groups excluding tert-OH is 1. The zero-order valence-corrected chi connectivity index (χ0v) is 10.8. The Morgan fingerprint density at radius 1 is 1.21 bits per heavy atom. The number of hydrogen-bond donors (Lipinski definition) is 2. The fourth-order valence-corrected chi connectivity index (χ4v) is 1.72. The molecule has 1 unspecified atom stereocenters. The van der Waals surface area contributed by atoms with Gasteiger partial charge in [-0.15, -0.1) is 0 Å². The van der Waals surface area contributed by atoms with Gasteiger partial charge in [0.15, 0.2) is 11.5 Å². The first-order valence-corrected chi connectivity index (χ1v) is 5.51. The third-order valence-electron chi connectivity index (χ3n) is 2.62. The fraction of sp³-hybridized carbons (Fsp3) is 0.500. The number of aliphatic hydroxyl groups is 1. The molecule has 0 amide bonds. The first-order valence-electron chi connectivity index (χ1n) is 5.51. The zero-order valence-electron chi connectivity index (χ0n) is 10.8. The number of hydrogen-bond acceptors (Lipinski definition) is 4. The van der Waals surface area contributed by atoms with Crippen molar-refractivity contribution in [3.8, 4) is 11.5 Å². The van der Waals surface area contributed by atoms with Crippen LogP contribution in [0.1, 0.15) is 17.2 Å². The molecule has 0 aliphatic carbocycles. The van der Waals surface area contributed by atoms with E-state index < -0.39 is 17.8 Å². The molecule has 19 heavy (non-hydrogen) atoms. The van der Waals surface area contributed by atoms with Crippen LogP contribution in [0.2, 0.25) is 0 Å². The van der Waals surface area contributed by atoms with E-state index in [-0.39, 0.29) is 23.6 Å². The number of benzene rings is 1. The Hall–Kier alpha value is -1.47. The number of methoxy groups -OCH3 is 2. The lowest BCUT2D eigenvalue weighted by Gasteiger charge is -2.20. The van der Waals surface area contributed by atoms with Gasteiger partial charge in [0.2, 0.25) is 0 Å². The molecular formula is C12H16F3NO3. The van der Waals surface area contributed by atoms with E-state index in [1.165, 1.54) is 21.3 Å². The standard InChI is InChI=1S/C12H16F3NO3/c1-16-6-9(17)7-4-10(18-2)11(19-3)5-8(7)12(13,14)15/h4-5,9,16-17H,6H2,1-3H3. The van der Waals surface area contributed by atoms with E-state index in [0.29, 0.717) is 0 Å². The number of alkyl halides is 3. The van der Waals surface area contributed by atoms with E-state index in [1.54, 1.807) is 0 Å². The maximum atomic E-state index is 13.0. The summed E-state index contributed by atoms with van der Waals surface area (Å²) in [7, 11) is 4.11. The van der Waals surface area contributed by atoms with E-state index in [9.17, 15) is 18.3 Å². The van der Waals surface area contributed by atoms with Crippen molar-refractivity contribution in [2.75, 3.05) is 27.8 Å². The van der Waals surface area contributed by atoms with Crippen LogP contribution in [0.3, 0.4) is 0 Å². The third-order valence-corrected chi connectivity index (χ3v) is 2.62. The molecule has 0 aromatic heterocycles. The second-order valence-corrected chi connectivity index (χ2v) is 3.87. The average Bonchev–Trinajstić information content (AvgIpc) is 2.36. The summed E-state index contributed by atoms with van der Waals surface area (Å²) >= 11 is 0. The van der Waals surface area contributed by atoms with Crippen LogP contribution in [0.25, 0.3) is 0 Å². The molecular weight excluding hydrogens is 263 g/mol. The minimum atomic E-state index is -4.58. The molecule has 2 N–H and O–H groups in total. The molecule has 0 spiro atoms. The molecule has 0 heterocycles. The maximum Gasteiger partial charge on any atom is 0.416 e. The lowest BCUT2D eigenvalue weighted by molar-refractivity contribution is -0.139. The molecule has 0 aliphatic rings. The zero-order chi connectivity index (χ0) is 14.6. The number of ether oxygens (including phenoxy) is 2. The van der Waals surface area contributed by atoms with E-state index in [2.05, 4.69) is 5.32 Å². The maximum absolute atomic E-state index is 13.0. The summed E-state index contributed by atoms with van der Waals surface area (Å²) in [5.74, 6) is 0.107. The Morgan fingerprint density at radius 3 is 2.16 bits per heavy atom. The smallest absolute Gasteiger partial charge is 0.416 e. The van der Waals surface area contributed by atoms with Crippen LogP contribution < -0.4 is 14.8 Å². The minimum Gasteiger partial charge on any atom is -0.493 e. The molecule has 1 rings (SSSR count). The summed E-state index contributed by atoms with van der Waals surface area (Å²) in [4.78, 5) is 0. The van der Waals surface area contributed by atoms with Gasteiger partial charge in [-0.3, -0.25) is 0 Å². The van der Waals surface area contributed by atoms with E-state index in [0.717, 1.165) is 12.1 Å². The highest BCUT2D eigenvalue weighted by molar-refractivity contribution is 5.49. The SMILES string of the molecule is CNCC(O)c1cc(OC)c(OC)cc1C(F)(F)F. The van der Waals surface area contributed by atoms with Gasteiger partial charge >= 0.3 is 6.18 Å². The molecule has 0 fully saturated rings. The molecule has 1 aromatic rings. The molecule has 0 saturated heterocycles. The average molecular weight is 279 g/mol. The van der Waals surface area contributed by atoms with Gasteiger partial charge in [0.25, 0.3) is 0 Å². The molecule has 0 bridgehead atoms. The van der Waals surface area contributed by atoms with Gasteiger partial charge in [0.1, 0.15) is 0 Å². The lowest BCUT2D eigenvalue weighted by Crippen LogP contribution is -2.20. The van der Waals surface area contributed by atoms with Crippen molar-refractivity contribution in [1.29, 1.82) is 0 Å². The Bertz CT molecular complexity index is 435. The van der Waals surface area contributed by atoms with Gasteiger partial charge < -0.3 is 19.9 Å². The largest absolute Gasteiger partial charge is 0.493 e. The highest BCUT2D eigenvalue weighted by Gasteiger charge is 2.36. The van der Waals surface area contributed by atoms with Crippen molar-refractivity contribution < 1.29 is 27.8 Å². The first kappa shape index (κ1) is 15.6. The normalized spacial score (nSPS) is 13.2. The van der Waals surface area contributed by atoms with Crippen LogP contribution in [0.4, 0.5) is 13.2 Å². The van der Waals surface area contributed by atoms with Crippen molar-refractivity contribution >= 4 is 0 Å². The van der Waals surface area contributed by atoms with Crippen LogP contribution in [0.15, 0.2) is 12.1 Å². The Labute approximate surface area is 109 Å². The van der Waals surface area contributed by atoms with Crippen LogP contribution in [0, 0.1) is 0 Å². The van der Waals surface area contributed by atoms with Crippen molar-refractivity contribution in [1.82, 2.24) is 5.32 Å². The Morgan fingerprint density at radius 2 is 1.74 bits per heavy atom. The van der Waals surface area contributed by atoms with E-state index >= 15 is 0 Å². The van der Waals surface area contributed by atoms with Gasteiger partial charge in [0, 0.05) is 6.54 Å². The van der Waals surface area contributed by atoms with Crippen molar-refractivity contribution in [2.45, 2.75) is 12.3 Å². The summed E-state index contributed by atoms with van der Waals surface area (Å²) < 4.78 is 48.7. The van der Waals surface area contributed by atoms with Crippen molar-refractivity contribution in [3.05, 3.63) is 23.3 Å². The molecule has 0 aliphatic heterocycles. The first-order chi connectivity index (χ1) is 8.85. The Balaban J connectivity index is 3.40. The number of halogens is 3. The van der Waals surface area contributed by atoms with Crippen molar-refractivity contribution in [3.63, 3.8) is 0 Å². The molecule has 1 atom stereocenters. The predicted octanol–water partition coefficient (Wildman–Crippen LogP) is 1.98. The number of rotatable bonds is 5. The summed E-state index contributed by atoms with van der Waals surface area (Å²) in [5.41, 5.74) is -1.19. The summed E-state index contributed by atoms with van der Waals surface area (Å²) in [6, 6.07) is 1.97. The monoisotopic (exact) mass is 279 g/mol. The highest BCUT2D eigenvalue weighted by atomic mass is 19.4. The second kappa shape index (κ2) is 6.12. The van der Waals surface area contributed by atoms with Gasteiger partial charge in [-0.1, -0.05) is 0 Å². The van der Waals surface area contributed by atoms with Crippen LogP contribution in [-0.2, 0) is 6.18 Å². The minimum absolute atomic E-state index is 0.00143. The summed E-state index contributed by atoms with van der Waals surface area (Å²) in [6.45, 7) is -0.00143. The molecule has 108 valence electrons. The van der Waals surface area contributed by atoms with E-state index in [4.69, 9.17) is 9.47 Å². The topological polar surface area (TPSA) is 50.7 Å². The molecule has 7 heteroatoms.